The van der Waals surface area contributed by atoms with Crippen LogP contribution in [0.15, 0.2) is 36.7 Å². The van der Waals surface area contributed by atoms with Crippen molar-refractivity contribution in [1.82, 2.24) is 9.97 Å². The van der Waals surface area contributed by atoms with Crippen LogP contribution in [0.3, 0.4) is 0 Å². The van der Waals surface area contributed by atoms with Crippen molar-refractivity contribution in [2.75, 3.05) is 12.8 Å². The van der Waals surface area contributed by atoms with Gasteiger partial charge in [-0.25, -0.2) is 9.97 Å². The van der Waals surface area contributed by atoms with Crippen molar-refractivity contribution in [2.24, 2.45) is 0 Å². The Hall–Kier alpha value is -2.30. The van der Waals surface area contributed by atoms with E-state index in [2.05, 4.69) is 9.97 Å². The largest absolute Gasteiger partial charge is 0.497 e. The maximum absolute atomic E-state index is 5.46. The highest BCUT2D eigenvalue weighted by molar-refractivity contribution is 5.28. The van der Waals surface area contributed by atoms with Gasteiger partial charge in [0.1, 0.15) is 18.2 Å². The fraction of sp³-hybridized carbons (Fsp3) is 0.167. The van der Waals surface area contributed by atoms with E-state index in [0.29, 0.717) is 18.3 Å². The van der Waals surface area contributed by atoms with Crippen molar-refractivity contribution in [3.05, 3.63) is 42.2 Å². The van der Waals surface area contributed by atoms with Crippen LogP contribution in [-0.4, -0.2) is 17.1 Å². The van der Waals surface area contributed by atoms with E-state index in [1.54, 1.807) is 7.11 Å². The molecule has 0 radical (unpaired) electrons. The minimum Gasteiger partial charge on any atom is -0.497 e. The lowest BCUT2D eigenvalue weighted by molar-refractivity contribution is 0.292. The lowest BCUT2D eigenvalue weighted by Crippen LogP contribution is -1.99. The number of nitrogen functional groups attached to an aromatic ring is 1. The molecule has 0 aliphatic heterocycles. The first-order valence-corrected chi connectivity index (χ1v) is 5.11. The lowest BCUT2D eigenvalue weighted by atomic mass is 10.2. The summed E-state index contributed by atoms with van der Waals surface area (Å²) in [6.45, 7) is 0.412. The van der Waals surface area contributed by atoms with Crippen LogP contribution in [0.25, 0.3) is 0 Å². The Balaban J connectivity index is 1.99. The Kier molecular flexibility index (Phi) is 3.40. The third kappa shape index (κ3) is 3.07. The first kappa shape index (κ1) is 11.2. The van der Waals surface area contributed by atoms with Crippen LogP contribution in [0.4, 0.5) is 5.82 Å². The number of hydrogen-bond acceptors (Lipinski definition) is 5. The summed E-state index contributed by atoms with van der Waals surface area (Å²) in [5, 5.41) is 0. The molecule has 2 aromatic rings. The summed E-state index contributed by atoms with van der Waals surface area (Å²) in [6.07, 6.45) is 2.95. The van der Waals surface area contributed by atoms with Crippen molar-refractivity contribution >= 4 is 5.82 Å². The first-order valence-electron chi connectivity index (χ1n) is 5.11. The maximum Gasteiger partial charge on any atom is 0.232 e. The highest BCUT2D eigenvalue weighted by Crippen LogP contribution is 2.14. The van der Waals surface area contributed by atoms with E-state index in [4.69, 9.17) is 15.2 Å². The van der Waals surface area contributed by atoms with Gasteiger partial charge < -0.3 is 15.2 Å². The fourth-order valence-corrected chi connectivity index (χ4v) is 1.32. The van der Waals surface area contributed by atoms with E-state index >= 15 is 0 Å². The zero-order valence-electron chi connectivity index (χ0n) is 9.46. The molecule has 88 valence electrons. The van der Waals surface area contributed by atoms with Crippen molar-refractivity contribution in [3.8, 4) is 11.6 Å². The molecule has 0 atom stereocenters. The number of nitrogens with two attached hydrogens (primary N) is 1. The van der Waals surface area contributed by atoms with Gasteiger partial charge in [0.25, 0.3) is 0 Å². The Bertz CT molecular complexity index is 485. The topological polar surface area (TPSA) is 70.3 Å². The van der Waals surface area contributed by atoms with E-state index in [0.717, 1.165) is 11.3 Å². The number of rotatable bonds is 4. The van der Waals surface area contributed by atoms with Crippen LogP contribution in [0.2, 0.25) is 0 Å². The van der Waals surface area contributed by atoms with Gasteiger partial charge in [-0.1, -0.05) is 12.1 Å². The number of hydrogen-bond donors (Lipinski definition) is 1. The van der Waals surface area contributed by atoms with Crippen molar-refractivity contribution in [2.45, 2.75) is 6.61 Å². The van der Waals surface area contributed by atoms with Gasteiger partial charge in [0.05, 0.1) is 19.5 Å². The SMILES string of the molecule is COc1cccc(COc2cnc(N)cn2)c1. The zero-order valence-corrected chi connectivity index (χ0v) is 9.46. The Labute approximate surface area is 99.2 Å². The molecule has 0 saturated carbocycles. The van der Waals surface area contributed by atoms with Crippen LogP contribution in [0, 0.1) is 0 Å². The first-order chi connectivity index (χ1) is 8.28. The molecule has 1 aromatic heterocycles. The van der Waals surface area contributed by atoms with Gasteiger partial charge in [-0.3, -0.25) is 0 Å². The molecule has 1 heterocycles. The average Bonchev–Trinajstić information content (AvgIpc) is 2.38. The predicted molar refractivity (Wildman–Crippen MR) is 63.8 cm³/mol. The minimum atomic E-state index is 0.374. The van der Waals surface area contributed by atoms with Crippen molar-refractivity contribution < 1.29 is 9.47 Å². The van der Waals surface area contributed by atoms with Gasteiger partial charge in [-0.2, -0.15) is 0 Å². The molecule has 2 rings (SSSR count). The summed E-state index contributed by atoms with van der Waals surface area (Å²) in [5.41, 5.74) is 6.43. The zero-order chi connectivity index (χ0) is 12.1. The van der Waals surface area contributed by atoms with E-state index in [-0.39, 0.29) is 0 Å². The Morgan fingerprint density at radius 2 is 2.12 bits per heavy atom. The van der Waals surface area contributed by atoms with E-state index in [1.165, 1.54) is 12.4 Å². The van der Waals surface area contributed by atoms with Crippen molar-refractivity contribution in [3.63, 3.8) is 0 Å². The van der Waals surface area contributed by atoms with Crippen LogP contribution in [0.1, 0.15) is 5.56 Å². The highest BCUT2D eigenvalue weighted by Gasteiger charge is 1.99. The molecular formula is C12H13N3O2. The van der Waals surface area contributed by atoms with Gasteiger partial charge in [0.15, 0.2) is 0 Å². The molecular weight excluding hydrogens is 218 g/mol. The molecule has 5 nitrogen and oxygen atoms in total. The molecule has 0 saturated heterocycles. The van der Waals surface area contributed by atoms with Crippen LogP contribution < -0.4 is 15.2 Å². The second-order valence-corrected chi connectivity index (χ2v) is 3.42. The number of ether oxygens (including phenoxy) is 2. The molecule has 0 aliphatic rings. The second-order valence-electron chi connectivity index (χ2n) is 3.42. The average molecular weight is 231 g/mol. The molecule has 5 heteroatoms. The number of aromatic nitrogens is 2. The number of benzene rings is 1. The van der Waals surface area contributed by atoms with Gasteiger partial charge in [-0.05, 0) is 17.7 Å². The van der Waals surface area contributed by atoms with Crippen molar-refractivity contribution in [1.29, 1.82) is 0 Å². The molecule has 2 N–H and O–H groups in total. The Morgan fingerprint density at radius 1 is 1.24 bits per heavy atom. The normalized spacial score (nSPS) is 9.94. The number of nitrogens with zero attached hydrogens (tertiary/aromatic N) is 2. The van der Waals surface area contributed by atoms with E-state index < -0.39 is 0 Å². The molecule has 17 heavy (non-hydrogen) atoms. The van der Waals surface area contributed by atoms with E-state index in [9.17, 15) is 0 Å². The summed E-state index contributed by atoms with van der Waals surface area (Å²) in [6, 6.07) is 7.65. The van der Waals surface area contributed by atoms with Gasteiger partial charge in [-0.15, -0.1) is 0 Å². The molecule has 0 unspecified atom stereocenters. The standard InChI is InChI=1S/C12H13N3O2/c1-16-10-4-2-3-9(5-10)8-17-12-7-14-11(13)6-15-12/h2-7H,8H2,1H3,(H2,13,14). The molecule has 1 aromatic carbocycles. The smallest absolute Gasteiger partial charge is 0.232 e. The minimum absolute atomic E-state index is 0.374. The third-order valence-corrected chi connectivity index (χ3v) is 2.17. The molecule has 0 aliphatic carbocycles. The van der Waals surface area contributed by atoms with Crippen LogP contribution in [0.5, 0.6) is 11.6 Å². The van der Waals surface area contributed by atoms with Gasteiger partial charge in [0, 0.05) is 0 Å². The second kappa shape index (κ2) is 5.16. The molecule has 0 amide bonds. The summed E-state index contributed by atoms with van der Waals surface area (Å²) in [5.74, 6) is 1.62. The lowest BCUT2D eigenvalue weighted by Gasteiger charge is -2.06. The highest BCUT2D eigenvalue weighted by atomic mass is 16.5. The predicted octanol–water partition coefficient (Wildman–Crippen LogP) is 1.65. The monoisotopic (exact) mass is 231 g/mol. The van der Waals surface area contributed by atoms with Crippen LogP contribution in [-0.2, 0) is 6.61 Å². The summed E-state index contributed by atoms with van der Waals surface area (Å²) in [7, 11) is 1.63. The van der Waals surface area contributed by atoms with Crippen LogP contribution >= 0.6 is 0 Å². The fourth-order valence-electron chi connectivity index (χ4n) is 1.32. The Morgan fingerprint density at radius 3 is 2.82 bits per heavy atom. The van der Waals surface area contributed by atoms with Gasteiger partial charge >= 0.3 is 0 Å². The summed E-state index contributed by atoms with van der Waals surface area (Å²) < 4.78 is 10.6. The molecule has 0 fully saturated rings. The summed E-state index contributed by atoms with van der Waals surface area (Å²) >= 11 is 0. The molecule has 0 bridgehead atoms. The van der Waals surface area contributed by atoms with E-state index in [1.807, 2.05) is 24.3 Å². The van der Waals surface area contributed by atoms with Gasteiger partial charge in [0.2, 0.25) is 5.88 Å². The molecule has 0 spiro atoms. The summed E-state index contributed by atoms with van der Waals surface area (Å²) in [4.78, 5) is 7.89. The number of anilines is 1. The quantitative estimate of drug-likeness (QED) is 0.866. The third-order valence-electron chi connectivity index (χ3n) is 2.17. The maximum atomic E-state index is 5.46. The number of methoxy groups -OCH3 is 1.